The van der Waals surface area contributed by atoms with Gasteiger partial charge in [0, 0.05) is 6.04 Å². The first kappa shape index (κ1) is 11.2. The molecule has 1 amide bonds. The van der Waals surface area contributed by atoms with Gasteiger partial charge in [-0.05, 0) is 18.9 Å². The number of amides is 1. The highest BCUT2D eigenvalue weighted by molar-refractivity contribution is 5.87. The van der Waals surface area contributed by atoms with Gasteiger partial charge >= 0.3 is 0 Å². The van der Waals surface area contributed by atoms with Crippen LogP contribution in [-0.4, -0.2) is 11.9 Å². The fraction of sp³-hybridized carbons (Fsp3) is 0.700. The van der Waals surface area contributed by atoms with Crippen molar-refractivity contribution in [2.75, 3.05) is 0 Å². The van der Waals surface area contributed by atoms with Gasteiger partial charge in [-0.2, -0.15) is 0 Å². The fourth-order valence-electron chi connectivity index (χ4n) is 1.25. The van der Waals surface area contributed by atoms with Crippen LogP contribution in [0.25, 0.3) is 0 Å². The van der Waals surface area contributed by atoms with Crippen LogP contribution in [0.3, 0.4) is 0 Å². The maximum absolute atomic E-state index is 10.9. The summed E-state index contributed by atoms with van der Waals surface area (Å²) in [7, 11) is 0. The molecule has 12 heavy (non-hydrogen) atoms. The second-order valence-electron chi connectivity index (χ2n) is 2.99. The van der Waals surface area contributed by atoms with Gasteiger partial charge < -0.3 is 5.32 Å². The third-order valence-corrected chi connectivity index (χ3v) is 1.81. The van der Waals surface area contributed by atoms with Gasteiger partial charge in [-0.25, -0.2) is 0 Å². The molecule has 0 saturated carbocycles. The molecule has 0 aliphatic heterocycles. The lowest BCUT2D eigenvalue weighted by atomic mass is 10.1. The molecule has 2 heteroatoms. The second kappa shape index (κ2) is 6.89. The molecule has 0 saturated heterocycles. The van der Waals surface area contributed by atoms with Crippen LogP contribution in [0.1, 0.15) is 39.5 Å². The molecule has 0 radical (unpaired) electrons. The van der Waals surface area contributed by atoms with E-state index in [1.165, 1.54) is 6.08 Å². The monoisotopic (exact) mass is 169 g/mol. The Bertz CT molecular complexity index is 137. The maximum Gasteiger partial charge on any atom is 0.243 e. The Morgan fingerprint density at radius 3 is 2.25 bits per heavy atom. The van der Waals surface area contributed by atoms with E-state index >= 15 is 0 Å². The summed E-state index contributed by atoms with van der Waals surface area (Å²) >= 11 is 0. The Hall–Kier alpha value is -0.790. The first-order chi connectivity index (χ1) is 5.74. The van der Waals surface area contributed by atoms with Crippen LogP contribution >= 0.6 is 0 Å². The Morgan fingerprint density at radius 1 is 1.42 bits per heavy atom. The van der Waals surface area contributed by atoms with Crippen LogP contribution in [0.15, 0.2) is 12.7 Å². The van der Waals surface area contributed by atoms with Crippen molar-refractivity contribution < 1.29 is 4.79 Å². The van der Waals surface area contributed by atoms with E-state index in [4.69, 9.17) is 0 Å². The van der Waals surface area contributed by atoms with Crippen molar-refractivity contribution in [2.45, 2.75) is 45.6 Å². The predicted octanol–water partition coefficient (Wildman–Crippen LogP) is 2.26. The molecule has 0 aliphatic carbocycles. The lowest BCUT2D eigenvalue weighted by Gasteiger charge is -2.15. The minimum absolute atomic E-state index is 0.0538. The van der Waals surface area contributed by atoms with Crippen molar-refractivity contribution in [1.29, 1.82) is 0 Å². The summed E-state index contributed by atoms with van der Waals surface area (Å²) in [4.78, 5) is 10.9. The van der Waals surface area contributed by atoms with Crippen LogP contribution in [0.2, 0.25) is 0 Å². The van der Waals surface area contributed by atoms with Crippen LogP contribution in [0.5, 0.6) is 0 Å². The summed E-state index contributed by atoms with van der Waals surface area (Å²) in [5, 5.41) is 2.91. The van der Waals surface area contributed by atoms with Crippen LogP contribution in [-0.2, 0) is 4.79 Å². The van der Waals surface area contributed by atoms with Crippen molar-refractivity contribution in [1.82, 2.24) is 5.32 Å². The lowest BCUT2D eigenvalue weighted by Crippen LogP contribution is -2.33. The molecule has 0 bridgehead atoms. The standard InChI is InChI=1S/C10H19NO/c1-4-7-9(8-5-2)11-10(12)6-3/h6,9H,3-5,7-8H2,1-2H3,(H,11,12). The molecule has 2 nitrogen and oxygen atoms in total. The number of nitrogens with one attached hydrogen (secondary N) is 1. The molecule has 0 rings (SSSR count). The van der Waals surface area contributed by atoms with Gasteiger partial charge in [-0.1, -0.05) is 33.3 Å². The first-order valence-electron chi connectivity index (χ1n) is 4.67. The van der Waals surface area contributed by atoms with E-state index in [1.807, 2.05) is 0 Å². The fourth-order valence-corrected chi connectivity index (χ4v) is 1.25. The molecule has 0 heterocycles. The summed E-state index contributed by atoms with van der Waals surface area (Å²) in [5.41, 5.74) is 0. The number of carbonyl (C=O) groups excluding carboxylic acids is 1. The Labute approximate surface area is 75.0 Å². The predicted molar refractivity (Wildman–Crippen MR) is 51.9 cm³/mol. The lowest BCUT2D eigenvalue weighted by molar-refractivity contribution is -0.117. The summed E-state index contributed by atoms with van der Waals surface area (Å²) in [6, 6.07) is 0.338. The van der Waals surface area contributed by atoms with Crippen molar-refractivity contribution in [2.24, 2.45) is 0 Å². The SMILES string of the molecule is C=CC(=O)NC(CCC)CCC. The number of hydrogen-bond acceptors (Lipinski definition) is 1. The summed E-state index contributed by atoms with van der Waals surface area (Å²) in [6.07, 6.45) is 5.68. The summed E-state index contributed by atoms with van der Waals surface area (Å²) in [5.74, 6) is -0.0538. The van der Waals surface area contributed by atoms with Gasteiger partial charge in [0.25, 0.3) is 0 Å². The first-order valence-corrected chi connectivity index (χ1v) is 4.67. The van der Waals surface area contributed by atoms with E-state index in [0.717, 1.165) is 25.7 Å². The topological polar surface area (TPSA) is 29.1 Å². The molecular formula is C10H19NO. The number of carbonyl (C=O) groups is 1. The molecule has 1 N–H and O–H groups in total. The number of hydrogen-bond donors (Lipinski definition) is 1. The van der Waals surface area contributed by atoms with E-state index in [-0.39, 0.29) is 5.91 Å². The van der Waals surface area contributed by atoms with Crippen LogP contribution in [0.4, 0.5) is 0 Å². The van der Waals surface area contributed by atoms with Crippen molar-refractivity contribution >= 4 is 5.91 Å². The summed E-state index contributed by atoms with van der Waals surface area (Å²) in [6.45, 7) is 7.68. The van der Waals surface area contributed by atoms with E-state index in [2.05, 4.69) is 25.7 Å². The molecule has 0 aromatic carbocycles. The zero-order valence-electron chi connectivity index (χ0n) is 8.10. The van der Waals surface area contributed by atoms with E-state index in [0.29, 0.717) is 6.04 Å². The van der Waals surface area contributed by atoms with Crippen molar-refractivity contribution in [3.63, 3.8) is 0 Å². The zero-order chi connectivity index (χ0) is 9.40. The third kappa shape index (κ3) is 4.94. The highest BCUT2D eigenvalue weighted by atomic mass is 16.1. The molecule has 0 aromatic heterocycles. The van der Waals surface area contributed by atoms with Gasteiger partial charge in [0.15, 0.2) is 0 Å². The largest absolute Gasteiger partial charge is 0.350 e. The Morgan fingerprint density at radius 2 is 1.92 bits per heavy atom. The average Bonchev–Trinajstić information content (AvgIpc) is 2.05. The van der Waals surface area contributed by atoms with Crippen molar-refractivity contribution in [3.8, 4) is 0 Å². The maximum atomic E-state index is 10.9. The number of rotatable bonds is 6. The minimum atomic E-state index is -0.0538. The van der Waals surface area contributed by atoms with Crippen LogP contribution < -0.4 is 5.32 Å². The Balaban J connectivity index is 3.76. The van der Waals surface area contributed by atoms with Gasteiger partial charge in [0.05, 0.1) is 0 Å². The molecule has 0 aromatic rings. The van der Waals surface area contributed by atoms with E-state index in [1.54, 1.807) is 0 Å². The van der Waals surface area contributed by atoms with E-state index < -0.39 is 0 Å². The molecule has 70 valence electrons. The molecule has 0 fully saturated rings. The van der Waals surface area contributed by atoms with Gasteiger partial charge in [0.2, 0.25) is 5.91 Å². The van der Waals surface area contributed by atoms with Crippen LogP contribution in [0, 0.1) is 0 Å². The molecule has 0 spiro atoms. The molecule has 0 atom stereocenters. The smallest absolute Gasteiger partial charge is 0.243 e. The van der Waals surface area contributed by atoms with Gasteiger partial charge in [-0.15, -0.1) is 0 Å². The molecular weight excluding hydrogens is 150 g/mol. The highest BCUT2D eigenvalue weighted by Gasteiger charge is 2.07. The quantitative estimate of drug-likeness (QED) is 0.607. The highest BCUT2D eigenvalue weighted by Crippen LogP contribution is 2.03. The normalized spacial score (nSPS) is 9.92. The van der Waals surface area contributed by atoms with Crippen molar-refractivity contribution in [3.05, 3.63) is 12.7 Å². The molecule has 0 aliphatic rings. The average molecular weight is 169 g/mol. The van der Waals surface area contributed by atoms with E-state index in [9.17, 15) is 4.79 Å². The van der Waals surface area contributed by atoms with Gasteiger partial charge in [-0.3, -0.25) is 4.79 Å². The van der Waals surface area contributed by atoms with Gasteiger partial charge in [0.1, 0.15) is 0 Å². The third-order valence-electron chi connectivity index (χ3n) is 1.81. The Kier molecular flexibility index (Phi) is 6.44. The summed E-state index contributed by atoms with van der Waals surface area (Å²) < 4.78 is 0. The molecule has 0 unspecified atom stereocenters. The minimum Gasteiger partial charge on any atom is -0.350 e. The second-order valence-corrected chi connectivity index (χ2v) is 2.99. The zero-order valence-corrected chi connectivity index (χ0v) is 8.10.